The molecule has 0 atom stereocenters. The quantitative estimate of drug-likeness (QED) is 0.835. The van der Waals surface area contributed by atoms with E-state index in [-0.39, 0.29) is 11.7 Å². The molecule has 26 heavy (non-hydrogen) atoms. The maximum absolute atomic E-state index is 12.2. The van der Waals surface area contributed by atoms with Gasteiger partial charge in [0.05, 0.1) is 12.8 Å². The second kappa shape index (κ2) is 8.54. The van der Waals surface area contributed by atoms with Crippen molar-refractivity contribution in [2.75, 3.05) is 32.1 Å². The Labute approximate surface area is 153 Å². The molecule has 136 valence electrons. The van der Waals surface area contributed by atoms with Crippen molar-refractivity contribution < 1.29 is 14.6 Å². The van der Waals surface area contributed by atoms with E-state index in [2.05, 4.69) is 16.3 Å². The van der Waals surface area contributed by atoms with Crippen LogP contribution in [0.25, 0.3) is 5.57 Å². The monoisotopic (exact) mass is 352 g/mol. The van der Waals surface area contributed by atoms with Crippen molar-refractivity contribution in [3.63, 3.8) is 0 Å². The summed E-state index contributed by atoms with van der Waals surface area (Å²) in [4.78, 5) is 14.5. The Balaban J connectivity index is 1.48. The number of hydrogen-bond acceptors (Lipinski definition) is 4. The van der Waals surface area contributed by atoms with Crippen molar-refractivity contribution in [2.45, 2.75) is 12.8 Å². The maximum atomic E-state index is 12.2. The fourth-order valence-corrected chi connectivity index (χ4v) is 3.07. The molecule has 0 unspecified atom stereocenters. The summed E-state index contributed by atoms with van der Waals surface area (Å²) in [5.74, 6) is 0.941. The van der Waals surface area contributed by atoms with Crippen LogP contribution in [0.4, 0.5) is 5.69 Å². The number of carbonyl (C=O) groups excluding carboxylic acids is 1. The van der Waals surface area contributed by atoms with Gasteiger partial charge in [-0.1, -0.05) is 30.3 Å². The average Bonchev–Trinajstić information content (AvgIpc) is 2.68. The number of rotatable bonds is 6. The number of carbonyl (C=O) groups is 1. The fourth-order valence-electron chi connectivity index (χ4n) is 3.07. The number of anilines is 1. The van der Waals surface area contributed by atoms with Crippen LogP contribution in [0.2, 0.25) is 0 Å². The Morgan fingerprint density at radius 3 is 2.65 bits per heavy atom. The number of methoxy groups -OCH3 is 1. The first-order valence-electron chi connectivity index (χ1n) is 8.79. The van der Waals surface area contributed by atoms with Crippen molar-refractivity contribution in [2.24, 2.45) is 0 Å². The summed E-state index contributed by atoms with van der Waals surface area (Å²) in [6.45, 7) is 2.48. The van der Waals surface area contributed by atoms with Gasteiger partial charge in [-0.3, -0.25) is 9.69 Å². The first kappa shape index (κ1) is 18.0. The standard InChI is InChI=1S/C21H24N2O3/c1-26-20-5-3-2-4-19(20)22-21(25)12-15-23-13-10-17(11-14-23)16-6-8-18(24)9-7-16/h2-10,24H,11-15H2,1H3,(H,22,25). The summed E-state index contributed by atoms with van der Waals surface area (Å²) in [6, 6.07) is 14.7. The molecule has 0 saturated heterocycles. The molecule has 5 heteroatoms. The van der Waals surface area contributed by atoms with E-state index in [1.807, 2.05) is 36.4 Å². The first-order chi connectivity index (χ1) is 12.7. The predicted octanol–water partition coefficient (Wildman–Crippen LogP) is 3.52. The number of amides is 1. The number of para-hydroxylation sites is 2. The van der Waals surface area contributed by atoms with E-state index < -0.39 is 0 Å². The van der Waals surface area contributed by atoms with E-state index in [9.17, 15) is 9.90 Å². The van der Waals surface area contributed by atoms with Crippen LogP contribution in [-0.4, -0.2) is 42.7 Å². The van der Waals surface area contributed by atoms with E-state index in [4.69, 9.17) is 4.74 Å². The fraction of sp³-hybridized carbons (Fsp3) is 0.286. The highest BCUT2D eigenvalue weighted by Crippen LogP contribution is 2.25. The Morgan fingerprint density at radius 1 is 1.19 bits per heavy atom. The summed E-state index contributed by atoms with van der Waals surface area (Å²) in [5.41, 5.74) is 3.14. The summed E-state index contributed by atoms with van der Waals surface area (Å²) < 4.78 is 5.25. The molecule has 0 aliphatic carbocycles. The van der Waals surface area contributed by atoms with E-state index >= 15 is 0 Å². The Kier molecular flexibility index (Phi) is 5.92. The lowest BCUT2D eigenvalue weighted by molar-refractivity contribution is -0.116. The number of benzene rings is 2. The number of nitrogens with zero attached hydrogens (tertiary/aromatic N) is 1. The van der Waals surface area contributed by atoms with Crippen molar-refractivity contribution in [3.05, 3.63) is 60.2 Å². The number of phenolic OH excluding ortho intramolecular Hbond substituents is 1. The smallest absolute Gasteiger partial charge is 0.225 e. The summed E-state index contributed by atoms with van der Waals surface area (Å²) >= 11 is 0. The molecule has 5 nitrogen and oxygen atoms in total. The zero-order valence-corrected chi connectivity index (χ0v) is 14.9. The lowest BCUT2D eigenvalue weighted by atomic mass is 9.99. The van der Waals surface area contributed by atoms with Crippen LogP contribution in [0.3, 0.4) is 0 Å². The van der Waals surface area contributed by atoms with Gasteiger partial charge in [-0.2, -0.15) is 0 Å². The molecule has 1 heterocycles. The van der Waals surface area contributed by atoms with Gasteiger partial charge < -0.3 is 15.2 Å². The van der Waals surface area contributed by atoms with Gasteiger partial charge in [-0.05, 0) is 41.8 Å². The van der Waals surface area contributed by atoms with Crippen LogP contribution < -0.4 is 10.1 Å². The highest BCUT2D eigenvalue weighted by Gasteiger charge is 2.14. The van der Waals surface area contributed by atoms with Gasteiger partial charge in [-0.25, -0.2) is 0 Å². The molecule has 0 spiro atoms. The minimum atomic E-state index is -0.0113. The van der Waals surface area contributed by atoms with Gasteiger partial charge in [0.25, 0.3) is 0 Å². The number of nitrogens with one attached hydrogen (secondary N) is 1. The topological polar surface area (TPSA) is 61.8 Å². The average molecular weight is 352 g/mol. The van der Waals surface area contributed by atoms with Gasteiger partial charge in [0, 0.05) is 26.1 Å². The zero-order valence-electron chi connectivity index (χ0n) is 14.9. The first-order valence-corrected chi connectivity index (χ1v) is 8.79. The highest BCUT2D eigenvalue weighted by molar-refractivity contribution is 5.92. The third kappa shape index (κ3) is 4.64. The Hall–Kier alpha value is -2.79. The van der Waals surface area contributed by atoms with Crippen LogP contribution in [0.1, 0.15) is 18.4 Å². The van der Waals surface area contributed by atoms with Crippen molar-refractivity contribution in [3.8, 4) is 11.5 Å². The van der Waals surface area contributed by atoms with Gasteiger partial charge >= 0.3 is 0 Å². The van der Waals surface area contributed by atoms with Gasteiger partial charge in [0.1, 0.15) is 11.5 Å². The summed E-state index contributed by atoms with van der Waals surface area (Å²) in [6.07, 6.45) is 3.59. The van der Waals surface area contributed by atoms with Crippen LogP contribution in [-0.2, 0) is 4.79 Å². The minimum absolute atomic E-state index is 0.0113. The molecule has 2 aromatic carbocycles. The van der Waals surface area contributed by atoms with Crippen LogP contribution in [0.15, 0.2) is 54.6 Å². The molecule has 3 rings (SSSR count). The van der Waals surface area contributed by atoms with Gasteiger partial charge in [0.2, 0.25) is 5.91 Å². The van der Waals surface area contributed by atoms with E-state index in [1.54, 1.807) is 19.2 Å². The van der Waals surface area contributed by atoms with Crippen molar-refractivity contribution >= 4 is 17.2 Å². The van der Waals surface area contributed by atoms with Gasteiger partial charge in [0.15, 0.2) is 0 Å². The lowest BCUT2D eigenvalue weighted by Gasteiger charge is -2.26. The van der Waals surface area contributed by atoms with Crippen LogP contribution in [0, 0.1) is 0 Å². The number of aromatic hydroxyl groups is 1. The molecule has 1 aliphatic heterocycles. The molecule has 1 aliphatic rings. The second-order valence-corrected chi connectivity index (χ2v) is 6.33. The molecule has 0 saturated carbocycles. The zero-order chi connectivity index (χ0) is 18.4. The van der Waals surface area contributed by atoms with E-state index in [1.165, 1.54) is 5.57 Å². The van der Waals surface area contributed by atoms with Crippen molar-refractivity contribution in [1.82, 2.24) is 4.90 Å². The van der Waals surface area contributed by atoms with Gasteiger partial charge in [-0.15, -0.1) is 0 Å². The molecular formula is C21H24N2O3. The Bertz CT molecular complexity index is 784. The predicted molar refractivity (Wildman–Crippen MR) is 103 cm³/mol. The minimum Gasteiger partial charge on any atom is -0.508 e. The highest BCUT2D eigenvalue weighted by atomic mass is 16.5. The largest absolute Gasteiger partial charge is 0.508 e. The molecule has 1 amide bonds. The molecule has 0 bridgehead atoms. The second-order valence-electron chi connectivity index (χ2n) is 6.33. The van der Waals surface area contributed by atoms with Crippen LogP contribution >= 0.6 is 0 Å². The third-order valence-corrected chi connectivity index (χ3v) is 4.57. The van der Waals surface area contributed by atoms with Crippen molar-refractivity contribution in [1.29, 1.82) is 0 Å². The third-order valence-electron chi connectivity index (χ3n) is 4.57. The van der Waals surface area contributed by atoms with E-state index in [0.29, 0.717) is 17.9 Å². The number of hydrogen-bond donors (Lipinski definition) is 2. The SMILES string of the molecule is COc1ccccc1NC(=O)CCN1CC=C(c2ccc(O)cc2)CC1. The normalized spacial score (nSPS) is 14.6. The maximum Gasteiger partial charge on any atom is 0.225 e. The number of ether oxygens (including phenoxy) is 1. The van der Waals surface area contributed by atoms with E-state index in [0.717, 1.165) is 31.6 Å². The summed E-state index contributed by atoms with van der Waals surface area (Å²) in [7, 11) is 1.59. The van der Waals surface area contributed by atoms with Crippen LogP contribution in [0.5, 0.6) is 11.5 Å². The lowest BCUT2D eigenvalue weighted by Crippen LogP contribution is -2.31. The molecule has 2 N–H and O–H groups in total. The molecule has 0 radical (unpaired) electrons. The number of phenols is 1. The summed E-state index contributed by atoms with van der Waals surface area (Å²) in [5, 5.41) is 12.3. The molecule has 0 aromatic heterocycles. The molecular weight excluding hydrogens is 328 g/mol. The molecule has 2 aromatic rings. The molecule has 0 fully saturated rings. The Morgan fingerprint density at radius 2 is 1.96 bits per heavy atom.